The van der Waals surface area contributed by atoms with E-state index >= 15 is 0 Å². The van der Waals surface area contributed by atoms with E-state index in [2.05, 4.69) is 6.92 Å². The zero-order chi connectivity index (χ0) is 18.9. The fraction of sp³-hybridized carbons (Fsp3) is 0.550. The highest BCUT2D eigenvalue weighted by atomic mass is 16.6. The topological polar surface area (TPSA) is 78.7 Å². The molecule has 0 aliphatic heterocycles. The van der Waals surface area contributed by atoms with E-state index in [4.69, 9.17) is 9.47 Å². The Morgan fingerprint density at radius 3 is 2.62 bits per heavy atom. The van der Waals surface area contributed by atoms with Gasteiger partial charge in [0.25, 0.3) is 0 Å². The Morgan fingerprint density at radius 1 is 1.27 bits per heavy atom. The monoisotopic (exact) mass is 361 g/mol. The molecule has 1 fully saturated rings. The SMILES string of the molecule is CCCCC1CCC(C(=O)Oc2ccc(/C=C/[N+](=O)[O-])cc2OC)CC1. The van der Waals surface area contributed by atoms with Crippen LogP contribution in [0, 0.1) is 22.0 Å². The molecule has 142 valence electrons. The second kappa shape index (κ2) is 9.94. The molecule has 26 heavy (non-hydrogen) atoms. The predicted octanol–water partition coefficient (Wildman–Crippen LogP) is 4.84. The number of unbranched alkanes of at least 4 members (excludes halogenated alkanes) is 1. The zero-order valence-corrected chi connectivity index (χ0v) is 15.5. The lowest BCUT2D eigenvalue weighted by Crippen LogP contribution is -2.25. The number of nitrogens with zero attached hydrogens (tertiary/aromatic N) is 1. The van der Waals surface area contributed by atoms with Gasteiger partial charge in [-0.15, -0.1) is 0 Å². The lowest BCUT2D eigenvalue weighted by molar-refractivity contribution is -0.400. The molecule has 0 unspecified atom stereocenters. The van der Waals surface area contributed by atoms with Crippen molar-refractivity contribution in [3.8, 4) is 11.5 Å². The van der Waals surface area contributed by atoms with Gasteiger partial charge < -0.3 is 9.47 Å². The van der Waals surface area contributed by atoms with Gasteiger partial charge in [-0.25, -0.2) is 0 Å². The number of carbonyl (C=O) groups excluding carboxylic acids is 1. The fourth-order valence-electron chi connectivity index (χ4n) is 3.39. The molecule has 1 saturated carbocycles. The maximum atomic E-state index is 12.5. The van der Waals surface area contributed by atoms with Crippen molar-refractivity contribution in [3.63, 3.8) is 0 Å². The van der Waals surface area contributed by atoms with E-state index in [1.807, 2.05) is 0 Å². The Kier molecular flexibility index (Phi) is 7.63. The summed E-state index contributed by atoms with van der Waals surface area (Å²) in [6.07, 6.45) is 9.87. The third-order valence-electron chi connectivity index (χ3n) is 4.93. The van der Waals surface area contributed by atoms with Gasteiger partial charge in [-0.1, -0.05) is 32.3 Å². The molecule has 0 N–H and O–H groups in total. The van der Waals surface area contributed by atoms with Crippen molar-refractivity contribution in [3.05, 3.63) is 40.1 Å². The van der Waals surface area contributed by atoms with Crippen LogP contribution in [0.15, 0.2) is 24.4 Å². The maximum absolute atomic E-state index is 12.5. The van der Waals surface area contributed by atoms with E-state index < -0.39 is 4.92 Å². The minimum Gasteiger partial charge on any atom is -0.493 e. The number of esters is 1. The van der Waals surface area contributed by atoms with Crippen molar-refractivity contribution in [1.82, 2.24) is 0 Å². The van der Waals surface area contributed by atoms with E-state index in [0.29, 0.717) is 17.1 Å². The maximum Gasteiger partial charge on any atom is 0.314 e. The number of ether oxygens (including phenoxy) is 2. The smallest absolute Gasteiger partial charge is 0.314 e. The van der Waals surface area contributed by atoms with Gasteiger partial charge in [0, 0.05) is 6.08 Å². The lowest BCUT2D eigenvalue weighted by atomic mass is 9.80. The third-order valence-corrected chi connectivity index (χ3v) is 4.93. The standard InChI is InChI=1S/C20H27NO5/c1-3-4-5-15-6-9-17(10-7-15)20(22)26-18-11-8-16(12-13-21(23)24)14-19(18)25-2/h8,11-15,17H,3-7,9-10H2,1-2H3/b13-12+. The molecule has 0 atom stereocenters. The first-order valence-electron chi connectivity index (χ1n) is 9.25. The van der Waals surface area contributed by atoms with Crippen LogP contribution in [-0.4, -0.2) is 18.0 Å². The normalized spacial score (nSPS) is 20.1. The Morgan fingerprint density at radius 2 is 2.00 bits per heavy atom. The van der Waals surface area contributed by atoms with Gasteiger partial charge in [0.2, 0.25) is 6.20 Å². The molecule has 6 nitrogen and oxygen atoms in total. The average molecular weight is 361 g/mol. The van der Waals surface area contributed by atoms with Crippen LogP contribution in [0.4, 0.5) is 0 Å². The zero-order valence-electron chi connectivity index (χ0n) is 15.5. The molecule has 0 spiro atoms. The van der Waals surface area contributed by atoms with Gasteiger partial charge in [0.1, 0.15) is 0 Å². The minimum atomic E-state index is -0.530. The quantitative estimate of drug-likeness (QED) is 0.286. The summed E-state index contributed by atoms with van der Waals surface area (Å²) in [5, 5.41) is 10.4. The minimum absolute atomic E-state index is 0.0633. The first-order chi connectivity index (χ1) is 12.5. The molecule has 1 aromatic carbocycles. The summed E-state index contributed by atoms with van der Waals surface area (Å²) < 4.78 is 10.8. The number of hydrogen-bond acceptors (Lipinski definition) is 5. The van der Waals surface area contributed by atoms with Crippen molar-refractivity contribution in [1.29, 1.82) is 0 Å². The summed E-state index contributed by atoms with van der Waals surface area (Å²) >= 11 is 0. The fourth-order valence-corrected chi connectivity index (χ4v) is 3.39. The van der Waals surface area contributed by atoms with Crippen LogP contribution in [0.2, 0.25) is 0 Å². The number of rotatable bonds is 8. The molecule has 0 radical (unpaired) electrons. The van der Waals surface area contributed by atoms with Crippen molar-refractivity contribution in [2.45, 2.75) is 51.9 Å². The second-order valence-electron chi connectivity index (χ2n) is 6.79. The van der Waals surface area contributed by atoms with Crippen LogP contribution >= 0.6 is 0 Å². The number of benzene rings is 1. The average Bonchev–Trinajstić information content (AvgIpc) is 2.65. The number of nitro groups is 1. The van der Waals surface area contributed by atoms with Crippen LogP contribution in [0.1, 0.15) is 57.4 Å². The summed E-state index contributed by atoms with van der Waals surface area (Å²) in [7, 11) is 1.48. The van der Waals surface area contributed by atoms with Crippen molar-refractivity contribution >= 4 is 12.0 Å². The molecule has 1 aliphatic carbocycles. The van der Waals surface area contributed by atoms with Crippen molar-refractivity contribution in [2.75, 3.05) is 7.11 Å². The van der Waals surface area contributed by atoms with Crippen molar-refractivity contribution in [2.24, 2.45) is 11.8 Å². The largest absolute Gasteiger partial charge is 0.493 e. The van der Waals surface area contributed by atoms with Gasteiger partial charge in [-0.3, -0.25) is 14.9 Å². The molecule has 0 bridgehead atoms. The summed E-state index contributed by atoms with van der Waals surface area (Å²) in [6.45, 7) is 2.20. The molecular formula is C20H27NO5. The summed E-state index contributed by atoms with van der Waals surface area (Å²) in [5.41, 5.74) is 0.606. The highest BCUT2D eigenvalue weighted by Crippen LogP contribution is 2.34. The van der Waals surface area contributed by atoms with Gasteiger partial charge >= 0.3 is 5.97 Å². The van der Waals surface area contributed by atoms with Gasteiger partial charge in [-0.05, 0) is 49.3 Å². The first-order valence-corrected chi connectivity index (χ1v) is 9.25. The number of carbonyl (C=O) groups is 1. The summed E-state index contributed by atoms with van der Waals surface area (Å²) in [4.78, 5) is 22.4. The highest BCUT2D eigenvalue weighted by molar-refractivity contribution is 5.76. The molecule has 0 amide bonds. The van der Waals surface area contributed by atoms with E-state index in [9.17, 15) is 14.9 Å². The van der Waals surface area contributed by atoms with E-state index in [0.717, 1.165) is 37.8 Å². The Bertz CT molecular complexity index is 648. The van der Waals surface area contributed by atoms with Gasteiger partial charge in [-0.2, -0.15) is 0 Å². The van der Waals surface area contributed by atoms with Crippen LogP contribution in [0.5, 0.6) is 11.5 Å². The van der Waals surface area contributed by atoms with Crippen LogP contribution < -0.4 is 9.47 Å². The molecular weight excluding hydrogens is 334 g/mol. The number of hydrogen-bond donors (Lipinski definition) is 0. The van der Waals surface area contributed by atoms with Crippen molar-refractivity contribution < 1.29 is 19.2 Å². The Balaban J connectivity index is 1.95. The summed E-state index contributed by atoms with van der Waals surface area (Å²) in [5.74, 6) is 1.20. The third kappa shape index (κ3) is 5.86. The Hall–Kier alpha value is -2.37. The van der Waals surface area contributed by atoms with Crippen LogP contribution in [0.25, 0.3) is 6.08 Å². The molecule has 1 aromatic rings. The molecule has 6 heteroatoms. The van der Waals surface area contributed by atoms with Crippen LogP contribution in [0.3, 0.4) is 0 Å². The molecule has 0 aromatic heterocycles. The summed E-state index contributed by atoms with van der Waals surface area (Å²) in [6, 6.07) is 4.89. The highest BCUT2D eigenvalue weighted by Gasteiger charge is 2.28. The predicted molar refractivity (Wildman–Crippen MR) is 99.6 cm³/mol. The first kappa shape index (κ1) is 19.9. The van der Waals surface area contributed by atoms with E-state index in [1.165, 1.54) is 32.4 Å². The van der Waals surface area contributed by atoms with Crippen LogP contribution in [-0.2, 0) is 4.79 Å². The van der Waals surface area contributed by atoms with E-state index in [1.54, 1.807) is 18.2 Å². The lowest BCUT2D eigenvalue weighted by Gasteiger charge is -2.27. The number of methoxy groups -OCH3 is 1. The van der Waals surface area contributed by atoms with Gasteiger partial charge in [0.15, 0.2) is 11.5 Å². The molecule has 2 rings (SSSR count). The Labute approximate surface area is 154 Å². The van der Waals surface area contributed by atoms with Gasteiger partial charge in [0.05, 0.1) is 18.0 Å². The molecule has 0 saturated heterocycles. The second-order valence-corrected chi connectivity index (χ2v) is 6.79. The molecule has 0 heterocycles. The molecule has 1 aliphatic rings. The van der Waals surface area contributed by atoms with E-state index in [-0.39, 0.29) is 11.9 Å².